The smallest absolute Gasteiger partial charge is 0.242 e. The lowest BCUT2D eigenvalue weighted by Crippen LogP contribution is -2.25. The van der Waals surface area contributed by atoms with Crippen molar-refractivity contribution in [1.82, 2.24) is 20.0 Å². The van der Waals surface area contributed by atoms with Crippen molar-refractivity contribution in [2.45, 2.75) is 31.8 Å². The highest BCUT2D eigenvalue weighted by atomic mass is 32.2. The van der Waals surface area contributed by atoms with E-state index in [0.717, 1.165) is 17.0 Å². The molecule has 2 aromatic heterocycles. The van der Waals surface area contributed by atoms with Gasteiger partial charge in [-0.05, 0) is 24.4 Å². The fourth-order valence-electron chi connectivity index (χ4n) is 1.84. The van der Waals surface area contributed by atoms with Gasteiger partial charge in [-0.1, -0.05) is 6.92 Å². The number of nitrogens with zero attached hydrogens (tertiary/aromatic N) is 1. The largest absolute Gasteiger partial charge is 0.347 e. The average molecular weight is 314 g/mol. The Kier molecular flexibility index (Phi) is 4.92. The fourth-order valence-corrected chi connectivity index (χ4v) is 4.60. The van der Waals surface area contributed by atoms with Crippen LogP contribution < -0.4 is 10.0 Å². The number of H-pyrrole nitrogens is 1. The van der Waals surface area contributed by atoms with Crippen LogP contribution in [0.3, 0.4) is 0 Å². The van der Waals surface area contributed by atoms with Crippen molar-refractivity contribution in [2.75, 3.05) is 6.54 Å². The van der Waals surface area contributed by atoms with Crippen LogP contribution in [0.25, 0.3) is 0 Å². The van der Waals surface area contributed by atoms with Gasteiger partial charge < -0.3 is 10.3 Å². The van der Waals surface area contributed by atoms with Gasteiger partial charge in [0, 0.05) is 23.8 Å². The van der Waals surface area contributed by atoms with Crippen LogP contribution in [-0.4, -0.2) is 24.9 Å². The van der Waals surface area contributed by atoms with E-state index in [1.54, 1.807) is 12.4 Å². The van der Waals surface area contributed by atoms with Crippen LogP contribution in [0, 0.1) is 6.92 Å². The first kappa shape index (κ1) is 15.2. The first-order valence-electron chi connectivity index (χ1n) is 6.30. The van der Waals surface area contributed by atoms with Gasteiger partial charge in [0.25, 0.3) is 0 Å². The minimum atomic E-state index is -3.52. The number of aromatic nitrogens is 2. The summed E-state index contributed by atoms with van der Waals surface area (Å²) in [6.07, 6.45) is 3.26. The molecule has 0 aromatic carbocycles. The molecule has 2 heterocycles. The molecular formula is C12H18N4O2S2. The number of nitrogens with one attached hydrogen (secondary N) is 3. The first-order valence-corrected chi connectivity index (χ1v) is 8.66. The summed E-state index contributed by atoms with van der Waals surface area (Å²) in [5, 5.41) is 5.03. The maximum absolute atomic E-state index is 12.4. The predicted octanol–water partition coefficient (Wildman–Crippen LogP) is 1.37. The zero-order valence-corrected chi connectivity index (χ0v) is 13.1. The second-order valence-electron chi connectivity index (χ2n) is 4.31. The topological polar surface area (TPSA) is 86.9 Å². The van der Waals surface area contributed by atoms with Crippen LogP contribution in [0.2, 0.25) is 0 Å². The molecule has 8 heteroatoms. The summed E-state index contributed by atoms with van der Waals surface area (Å²) >= 11 is 1.46. The molecule has 0 unspecified atom stereocenters. The summed E-state index contributed by atoms with van der Waals surface area (Å²) < 4.78 is 27.4. The van der Waals surface area contributed by atoms with Crippen LogP contribution in [-0.2, 0) is 23.1 Å². The number of imidazole rings is 1. The van der Waals surface area contributed by atoms with Gasteiger partial charge in [0.05, 0.1) is 6.54 Å². The zero-order valence-electron chi connectivity index (χ0n) is 11.4. The van der Waals surface area contributed by atoms with Gasteiger partial charge in [-0.15, -0.1) is 11.3 Å². The lowest BCUT2D eigenvalue weighted by Gasteiger charge is -2.08. The summed E-state index contributed by atoms with van der Waals surface area (Å²) in [4.78, 5) is 8.09. The molecule has 0 radical (unpaired) electrons. The van der Waals surface area contributed by atoms with Crippen molar-refractivity contribution < 1.29 is 8.42 Å². The Morgan fingerprint density at radius 1 is 1.40 bits per heavy atom. The van der Waals surface area contributed by atoms with Gasteiger partial charge in [-0.2, -0.15) is 0 Å². The van der Waals surface area contributed by atoms with Crippen LogP contribution in [0.4, 0.5) is 0 Å². The molecule has 0 amide bonds. The van der Waals surface area contributed by atoms with Crippen molar-refractivity contribution in [1.29, 1.82) is 0 Å². The third kappa shape index (κ3) is 3.45. The predicted molar refractivity (Wildman–Crippen MR) is 79.0 cm³/mol. The molecule has 0 bridgehead atoms. The molecule has 3 N–H and O–H groups in total. The molecule has 0 atom stereocenters. The summed E-state index contributed by atoms with van der Waals surface area (Å²) in [7, 11) is -3.52. The standard InChI is InChI=1S/C12H18N4O2S2/c1-3-13-6-10-12(9(2)8-19-10)20(17,18)16-7-11-14-4-5-15-11/h4-5,8,13,16H,3,6-7H2,1-2H3,(H,14,15). The van der Waals surface area contributed by atoms with E-state index in [2.05, 4.69) is 20.0 Å². The number of aryl methyl sites for hydroxylation is 1. The highest BCUT2D eigenvalue weighted by Gasteiger charge is 2.22. The van der Waals surface area contributed by atoms with Crippen LogP contribution in [0.15, 0.2) is 22.7 Å². The molecule has 0 saturated heterocycles. The number of sulfonamides is 1. The van der Waals surface area contributed by atoms with E-state index < -0.39 is 10.0 Å². The third-order valence-electron chi connectivity index (χ3n) is 2.78. The van der Waals surface area contributed by atoms with Crippen LogP contribution in [0.1, 0.15) is 23.2 Å². The van der Waals surface area contributed by atoms with Gasteiger partial charge in [-0.25, -0.2) is 18.1 Å². The van der Waals surface area contributed by atoms with E-state index in [1.807, 2.05) is 19.2 Å². The van der Waals surface area contributed by atoms with Crippen LogP contribution in [0.5, 0.6) is 0 Å². The van der Waals surface area contributed by atoms with Crippen molar-refractivity contribution in [3.05, 3.63) is 34.0 Å². The number of aromatic amines is 1. The monoisotopic (exact) mass is 314 g/mol. The van der Waals surface area contributed by atoms with Gasteiger partial charge >= 0.3 is 0 Å². The van der Waals surface area contributed by atoms with Crippen molar-refractivity contribution in [2.24, 2.45) is 0 Å². The molecule has 2 aromatic rings. The molecule has 110 valence electrons. The molecule has 0 fully saturated rings. The Hall–Kier alpha value is -1.22. The molecular weight excluding hydrogens is 296 g/mol. The minimum Gasteiger partial charge on any atom is -0.347 e. The lowest BCUT2D eigenvalue weighted by molar-refractivity contribution is 0.577. The van der Waals surface area contributed by atoms with Gasteiger partial charge in [-0.3, -0.25) is 0 Å². The lowest BCUT2D eigenvalue weighted by atomic mass is 10.3. The first-order chi connectivity index (χ1) is 9.54. The second kappa shape index (κ2) is 6.49. The van der Waals surface area contributed by atoms with Gasteiger partial charge in [0.2, 0.25) is 10.0 Å². The maximum Gasteiger partial charge on any atom is 0.242 e. The highest BCUT2D eigenvalue weighted by molar-refractivity contribution is 7.89. The zero-order chi connectivity index (χ0) is 14.6. The number of rotatable bonds is 7. The minimum absolute atomic E-state index is 0.158. The summed E-state index contributed by atoms with van der Waals surface area (Å²) in [5.74, 6) is 0.592. The van der Waals surface area contributed by atoms with E-state index in [9.17, 15) is 8.42 Å². The van der Waals surface area contributed by atoms with Crippen molar-refractivity contribution in [3.8, 4) is 0 Å². The normalized spacial score (nSPS) is 11.9. The Balaban J connectivity index is 2.18. The SMILES string of the molecule is CCNCc1scc(C)c1S(=O)(=O)NCc1ncc[nH]1. The summed E-state index contributed by atoms with van der Waals surface area (Å²) in [5.41, 5.74) is 0.773. The Morgan fingerprint density at radius 2 is 2.20 bits per heavy atom. The average Bonchev–Trinajstić information content (AvgIpc) is 3.03. The molecule has 6 nitrogen and oxygen atoms in total. The third-order valence-corrected chi connectivity index (χ3v) is 5.64. The summed E-state index contributed by atoms with van der Waals surface area (Å²) in [6, 6.07) is 0. The second-order valence-corrected chi connectivity index (χ2v) is 6.98. The maximum atomic E-state index is 12.4. The molecule has 0 aliphatic carbocycles. The van der Waals surface area contributed by atoms with Crippen LogP contribution >= 0.6 is 11.3 Å². The Bertz CT molecular complexity index is 647. The van der Waals surface area contributed by atoms with E-state index in [0.29, 0.717) is 17.3 Å². The number of hydrogen-bond acceptors (Lipinski definition) is 5. The van der Waals surface area contributed by atoms with E-state index in [-0.39, 0.29) is 6.54 Å². The Morgan fingerprint density at radius 3 is 2.85 bits per heavy atom. The quantitative estimate of drug-likeness (QED) is 0.720. The number of hydrogen-bond donors (Lipinski definition) is 3. The van der Waals surface area contributed by atoms with Crippen molar-refractivity contribution >= 4 is 21.4 Å². The van der Waals surface area contributed by atoms with E-state index in [1.165, 1.54) is 11.3 Å². The van der Waals surface area contributed by atoms with E-state index >= 15 is 0 Å². The molecule has 2 rings (SSSR count). The molecule has 0 saturated carbocycles. The van der Waals surface area contributed by atoms with E-state index in [4.69, 9.17) is 0 Å². The van der Waals surface area contributed by atoms with Crippen molar-refractivity contribution in [3.63, 3.8) is 0 Å². The molecule has 0 spiro atoms. The number of thiophene rings is 1. The Labute approximate surface area is 122 Å². The van der Waals surface area contributed by atoms with Gasteiger partial charge in [0.15, 0.2) is 0 Å². The summed E-state index contributed by atoms with van der Waals surface area (Å²) in [6.45, 7) is 5.32. The molecule has 0 aliphatic heterocycles. The molecule has 0 aliphatic rings. The highest BCUT2D eigenvalue weighted by Crippen LogP contribution is 2.26. The van der Waals surface area contributed by atoms with Gasteiger partial charge in [0.1, 0.15) is 10.7 Å². The fraction of sp³-hybridized carbons (Fsp3) is 0.417. The molecule has 20 heavy (non-hydrogen) atoms.